The maximum absolute atomic E-state index is 10.2. The Balaban J connectivity index is 2.11. The largest absolute Gasteiger partial charge is 0.386 e. The van der Waals surface area contributed by atoms with Gasteiger partial charge in [-0.3, -0.25) is 0 Å². The molecule has 0 aromatic carbocycles. The van der Waals surface area contributed by atoms with Gasteiger partial charge in [-0.1, -0.05) is 45.4 Å². The van der Waals surface area contributed by atoms with Gasteiger partial charge in [0.2, 0.25) is 0 Å². The highest BCUT2D eigenvalue weighted by Crippen LogP contribution is 2.61. The van der Waals surface area contributed by atoms with Crippen LogP contribution in [0.15, 0.2) is 24.8 Å². The molecule has 0 aromatic heterocycles. The van der Waals surface area contributed by atoms with Gasteiger partial charge in [0.05, 0.1) is 5.60 Å². The van der Waals surface area contributed by atoms with Crippen LogP contribution in [0, 0.1) is 22.7 Å². The van der Waals surface area contributed by atoms with Crippen molar-refractivity contribution in [2.75, 3.05) is 0 Å². The fraction of sp³-hybridized carbons (Fsp3) is 0.810. The van der Waals surface area contributed by atoms with Gasteiger partial charge in [-0.25, -0.2) is 0 Å². The van der Waals surface area contributed by atoms with Crippen molar-refractivity contribution in [3.63, 3.8) is 0 Å². The molecule has 2 aliphatic rings. The van der Waals surface area contributed by atoms with E-state index in [0.717, 1.165) is 18.8 Å². The first-order valence-electron chi connectivity index (χ1n) is 9.16. The smallest absolute Gasteiger partial charge is 0.0797 e. The van der Waals surface area contributed by atoms with Crippen LogP contribution in [-0.4, -0.2) is 10.7 Å². The highest BCUT2D eigenvalue weighted by Gasteiger charge is 2.52. The zero-order valence-corrected chi connectivity index (χ0v) is 15.3. The van der Waals surface area contributed by atoms with E-state index in [9.17, 15) is 5.11 Å². The van der Waals surface area contributed by atoms with E-state index in [1.165, 1.54) is 44.1 Å². The summed E-state index contributed by atoms with van der Waals surface area (Å²) in [5.74, 6) is 1.45. The van der Waals surface area contributed by atoms with Gasteiger partial charge in [-0.05, 0) is 74.5 Å². The van der Waals surface area contributed by atoms with E-state index in [1.54, 1.807) is 6.08 Å². The fourth-order valence-electron chi connectivity index (χ4n) is 5.57. The third-order valence-electron chi connectivity index (χ3n) is 6.93. The average Bonchev–Trinajstić information content (AvgIpc) is 2.41. The van der Waals surface area contributed by atoms with Crippen molar-refractivity contribution >= 4 is 0 Å². The quantitative estimate of drug-likeness (QED) is 0.628. The Bertz CT molecular complexity index is 431. The summed E-state index contributed by atoms with van der Waals surface area (Å²) in [6.45, 7) is 17.5. The summed E-state index contributed by atoms with van der Waals surface area (Å²) < 4.78 is 0. The van der Waals surface area contributed by atoms with Crippen molar-refractivity contribution < 1.29 is 5.11 Å². The molecule has 2 saturated carbocycles. The zero-order chi connectivity index (χ0) is 16.6. The first kappa shape index (κ1) is 17.8. The van der Waals surface area contributed by atoms with Crippen LogP contribution in [0.25, 0.3) is 0 Å². The van der Waals surface area contributed by atoms with Crippen LogP contribution < -0.4 is 0 Å². The lowest BCUT2D eigenvalue weighted by Gasteiger charge is -2.58. The molecule has 0 radical (unpaired) electrons. The monoisotopic (exact) mass is 304 g/mol. The predicted octanol–water partition coefficient (Wildman–Crippen LogP) is 5.89. The highest BCUT2D eigenvalue weighted by molar-refractivity contribution is 5.15. The maximum Gasteiger partial charge on any atom is 0.0797 e. The van der Waals surface area contributed by atoms with Crippen LogP contribution in [0.4, 0.5) is 0 Å². The second-order valence-corrected chi connectivity index (χ2v) is 9.10. The van der Waals surface area contributed by atoms with Crippen molar-refractivity contribution in [2.24, 2.45) is 22.7 Å². The number of rotatable bonds is 5. The Labute approximate surface area is 137 Å². The fourth-order valence-corrected chi connectivity index (χ4v) is 5.57. The van der Waals surface area contributed by atoms with Gasteiger partial charge in [0.1, 0.15) is 0 Å². The molecule has 2 aliphatic carbocycles. The minimum Gasteiger partial charge on any atom is -0.386 e. The summed E-state index contributed by atoms with van der Waals surface area (Å²) in [6, 6.07) is 0. The van der Waals surface area contributed by atoms with Crippen molar-refractivity contribution in [1.82, 2.24) is 0 Å². The Morgan fingerprint density at radius 1 is 1.32 bits per heavy atom. The second-order valence-electron chi connectivity index (χ2n) is 9.10. The van der Waals surface area contributed by atoms with Crippen molar-refractivity contribution in [3.8, 4) is 0 Å². The lowest BCUT2D eigenvalue weighted by molar-refractivity contribution is -0.0555. The molecule has 0 heterocycles. The molecule has 126 valence electrons. The molecule has 0 spiro atoms. The lowest BCUT2D eigenvalue weighted by atomic mass is 9.47. The Kier molecular flexibility index (Phi) is 4.97. The van der Waals surface area contributed by atoms with Gasteiger partial charge in [0, 0.05) is 0 Å². The SMILES string of the molecule is C=C[C@@](C)(O)CCCC1C(=C)CC[C@H]2C(C)(C)CCC[C@]12C. The van der Waals surface area contributed by atoms with Gasteiger partial charge in [-0.2, -0.15) is 0 Å². The van der Waals surface area contributed by atoms with Crippen molar-refractivity contribution in [3.05, 3.63) is 24.8 Å². The molecule has 4 atom stereocenters. The van der Waals surface area contributed by atoms with E-state index in [4.69, 9.17) is 0 Å². The summed E-state index contributed by atoms with van der Waals surface area (Å²) in [5, 5.41) is 10.2. The van der Waals surface area contributed by atoms with Crippen LogP contribution >= 0.6 is 0 Å². The molecule has 22 heavy (non-hydrogen) atoms. The molecule has 0 amide bonds. The van der Waals surface area contributed by atoms with Gasteiger partial charge in [0.15, 0.2) is 0 Å². The summed E-state index contributed by atoms with van der Waals surface area (Å²) in [7, 11) is 0. The van der Waals surface area contributed by atoms with E-state index in [0.29, 0.717) is 16.7 Å². The predicted molar refractivity (Wildman–Crippen MR) is 95.8 cm³/mol. The average molecular weight is 305 g/mol. The van der Waals surface area contributed by atoms with E-state index < -0.39 is 5.60 Å². The van der Waals surface area contributed by atoms with Gasteiger partial charge < -0.3 is 5.11 Å². The highest BCUT2D eigenvalue weighted by atomic mass is 16.3. The number of hydrogen-bond donors (Lipinski definition) is 1. The van der Waals surface area contributed by atoms with Crippen LogP contribution in [0.2, 0.25) is 0 Å². The van der Waals surface area contributed by atoms with Crippen molar-refractivity contribution in [1.29, 1.82) is 0 Å². The molecule has 2 rings (SSSR count). The number of aliphatic hydroxyl groups is 1. The topological polar surface area (TPSA) is 20.2 Å². The molecule has 0 aromatic rings. The van der Waals surface area contributed by atoms with E-state index >= 15 is 0 Å². The Morgan fingerprint density at radius 3 is 2.64 bits per heavy atom. The van der Waals surface area contributed by atoms with Crippen LogP contribution in [0.1, 0.15) is 79.1 Å². The molecule has 0 aliphatic heterocycles. The van der Waals surface area contributed by atoms with Gasteiger partial charge >= 0.3 is 0 Å². The normalized spacial score (nSPS) is 37.2. The molecule has 1 heteroatoms. The first-order valence-corrected chi connectivity index (χ1v) is 9.16. The minimum atomic E-state index is -0.720. The van der Waals surface area contributed by atoms with Crippen LogP contribution in [0.3, 0.4) is 0 Å². The molecule has 1 nitrogen and oxygen atoms in total. The van der Waals surface area contributed by atoms with E-state index in [1.807, 2.05) is 6.92 Å². The lowest BCUT2D eigenvalue weighted by Crippen LogP contribution is -2.49. The van der Waals surface area contributed by atoms with E-state index in [-0.39, 0.29) is 0 Å². The van der Waals surface area contributed by atoms with Gasteiger partial charge in [0.25, 0.3) is 0 Å². The Morgan fingerprint density at radius 2 is 2.00 bits per heavy atom. The summed E-state index contributed by atoms with van der Waals surface area (Å²) >= 11 is 0. The number of allylic oxidation sites excluding steroid dienone is 1. The van der Waals surface area contributed by atoms with Crippen LogP contribution in [-0.2, 0) is 0 Å². The van der Waals surface area contributed by atoms with Crippen molar-refractivity contribution in [2.45, 2.75) is 84.7 Å². The number of fused-ring (bicyclic) bond motifs is 1. The maximum atomic E-state index is 10.2. The molecule has 1 N–H and O–H groups in total. The molecular formula is C21H36O. The molecule has 0 bridgehead atoms. The van der Waals surface area contributed by atoms with Crippen LogP contribution in [0.5, 0.6) is 0 Å². The van der Waals surface area contributed by atoms with E-state index in [2.05, 4.69) is 33.9 Å². The second kappa shape index (κ2) is 6.15. The zero-order valence-electron chi connectivity index (χ0n) is 15.3. The summed E-state index contributed by atoms with van der Waals surface area (Å²) in [6.07, 6.45) is 11.3. The summed E-state index contributed by atoms with van der Waals surface area (Å²) in [4.78, 5) is 0. The number of hydrogen-bond acceptors (Lipinski definition) is 1. The minimum absolute atomic E-state index is 0.414. The Hall–Kier alpha value is -0.560. The molecule has 1 unspecified atom stereocenters. The van der Waals surface area contributed by atoms with Gasteiger partial charge in [-0.15, -0.1) is 6.58 Å². The molecule has 2 fully saturated rings. The first-order chi connectivity index (χ1) is 10.1. The molecule has 0 saturated heterocycles. The standard InChI is InChI=1S/C21H36O/c1-7-20(5,22)14-8-10-17-16(2)11-12-18-19(3,4)13-9-15-21(17,18)6/h7,17-18,22H,1-2,8-15H2,3-6H3/t17?,18-,20+,21+/m0/s1. The third-order valence-corrected chi connectivity index (χ3v) is 6.93. The third kappa shape index (κ3) is 3.35. The molecular weight excluding hydrogens is 268 g/mol. The summed E-state index contributed by atoms with van der Waals surface area (Å²) in [5.41, 5.74) is 1.63.